The number of morpholine rings is 1. The summed E-state index contributed by atoms with van der Waals surface area (Å²) in [7, 11) is 0. The van der Waals surface area contributed by atoms with Gasteiger partial charge in [0.05, 0.1) is 13.2 Å². The van der Waals surface area contributed by atoms with Crippen molar-refractivity contribution in [1.82, 2.24) is 10.1 Å². The van der Waals surface area contributed by atoms with Crippen molar-refractivity contribution in [3.8, 4) is 11.5 Å². The molecule has 1 amide bonds. The van der Waals surface area contributed by atoms with Gasteiger partial charge in [-0.25, -0.2) is 0 Å². The molecule has 1 N–H and O–H groups in total. The molecule has 0 unspecified atom stereocenters. The van der Waals surface area contributed by atoms with Crippen LogP contribution in [0, 0.1) is 6.92 Å². The quantitative estimate of drug-likeness (QED) is 0.766. The molecule has 2 aromatic carbocycles. The summed E-state index contributed by atoms with van der Waals surface area (Å²) in [6.45, 7) is 5.03. The molecule has 1 aliphatic rings. The Kier molecular flexibility index (Phi) is 4.84. The number of rotatable bonds is 4. The Morgan fingerprint density at radius 1 is 1.04 bits per heavy atom. The Morgan fingerprint density at radius 2 is 1.74 bits per heavy atom. The van der Waals surface area contributed by atoms with Crippen molar-refractivity contribution in [3.05, 3.63) is 59.9 Å². The number of nitrogens with zero attached hydrogens (tertiary/aromatic N) is 3. The van der Waals surface area contributed by atoms with Crippen LogP contribution in [0.3, 0.4) is 0 Å². The third-order valence-corrected chi connectivity index (χ3v) is 4.42. The van der Waals surface area contributed by atoms with Gasteiger partial charge >= 0.3 is 0 Å². The van der Waals surface area contributed by atoms with E-state index in [1.54, 1.807) is 31.2 Å². The fraction of sp³-hybridized carbons (Fsp3) is 0.250. The first kappa shape index (κ1) is 17.2. The Bertz CT molecular complexity index is 913. The standard InChI is InChI=1S/C20H20N4O3/c1-14-21-20(27-23-14)16-4-2-15(3-5-16)19(25)22-17-6-8-18(9-7-17)24-10-12-26-13-11-24/h2-9H,10-13H2,1H3,(H,22,25). The van der Waals surface area contributed by atoms with Crippen LogP contribution in [0.15, 0.2) is 53.1 Å². The normalized spacial score (nSPS) is 14.2. The van der Waals surface area contributed by atoms with Crippen molar-refractivity contribution in [1.29, 1.82) is 0 Å². The van der Waals surface area contributed by atoms with Gasteiger partial charge in [0.25, 0.3) is 11.8 Å². The van der Waals surface area contributed by atoms with E-state index >= 15 is 0 Å². The van der Waals surface area contributed by atoms with Crippen LogP contribution in [0.1, 0.15) is 16.2 Å². The van der Waals surface area contributed by atoms with Crippen LogP contribution in [-0.2, 0) is 4.74 Å². The van der Waals surface area contributed by atoms with E-state index in [1.165, 1.54) is 0 Å². The molecule has 0 saturated carbocycles. The summed E-state index contributed by atoms with van der Waals surface area (Å²) in [5, 5.41) is 6.69. The number of nitrogens with one attached hydrogen (secondary N) is 1. The van der Waals surface area contributed by atoms with E-state index in [0.717, 1.165) is 43.2 Å². The van der Waals surface area contributed by atoms with Gasteiger partial charge in [0.15, 0.2) is 5.82 Å². The Balaban J connectivity index is 1.41. The first-order chi connectivity index (χ1) is 13.2. The van der Waals surface area contributed by atoms with Crippen molar-refractivity contribution in [2.75, 3.05) is 36.5 Å². The predicted octanol–water partition coefficient (Wildman–Crippen LogP) is 3.13. The number of anilines is 2. The number of ether oxygens (including phenoxy) is 1. The summed E-state index contributed by atoms with van der Waals surface area (Å²) in [5.41, 5.74) is 3.23. The number of aromatic nitrogens is 2. The van der Waals surface area contributed by atoms with Crippen molar-refractivity contribution in [2.24, 2.45) is 0 Å². The van der Waals surface area contributed by atoms with E-state index < -0.39 is 0 Å². The molecule has 1 aliphatic heterocycles. The minimum absolute atomic E-state index is 0.164. The van der Waals surface area contributed by atoms with Gasteiger partial charge in [-0.3, -0.25) is 4.79 Å². The van der Waals surface area contributed by atoms with Gasteiger partial charge in [0.2, 0.25) is 0 Å². The average molecular weight is 364 g/mol. The number of carbonyl (C=O) groups excluding carboxylic acids is 1. The van der Waals surface area contributed by atoms with Gasteiger partial charge in [-0.1, -0.05) is 5.16 Å². The highest BCUT2D eigenvalue weighted by Crippen LogP contribution is 2.21. The molecule has 1 fully saturated rings. The summed E-state index contributed by atoms with van der Waals surface area (Å²) < 4.78 is 10.5. The zero-order valence-electron chi connectivity index (χ0n) is 15.0. The number of hydrogen-bond acceptors (Lipinski definition) is 6. The lowest BCUT2D eigenvalue weighted by Gasteiger charge is -2.28. The van der Waals surface area contributed by atoms with E-state index in [-0.39, 0.29) is 5.91 Å². The molecule has 0 atom stereocenters. The lowest BCUT2D eigenvalue weighted by molar-refractivity contribution is 0.102. The van der Waals surface area contributed by atoms with Crippen LogP contribution >= 0.6 is 0 Å². The van der Waals surface area contributed by atoms with Gasteiger partial charge in [0.1, 0.15) is 0 Å². The van der Waals surface area contributed by atoms with Crippen LogP contribution in [-0.4, -0.2) is 42.4 Å². The molecule has 1 aromatic heterocycles. The van der Waals surface area contributed by atoms with Crippen LogP contribution in [0.25, 0.3) is 11.5 Å². The van der Waals surface area contributed by atoms with Gasteiger partial charge < -0.3 is 19.5 Å². The molecule has 4 rings (SSSR count). The molecular formula is C20H20N4O3. The highest BCUT2D eigenvalue weighted by molar-refractivity contribution is 6.04. The maximum atomic E-state index is 12.5. The molecule has 27 heavy (non-hydrogen) atoms. The zero-order chi connectivity index (χ0) is 18.6. The van der Waals surface area contributed by atoms with Gasteiger partial charge in [-0.15, -0.1) is 0 Å². The van der Waals surface area contributed by atoms with E-state index in [4.69, 9.17) is 9.26 Å². The summed E-state index contributed by atoms with van der Waals surface area (Å²) in [6.07, 6.45) is 0. The Morgan fingerprint density at radius 3 is 2.37 bits per heavy atom. The molecule has 1 saturated heterocycles. The minimum atomic E-state index is -0.164. The summed E-state index contributed by atoms with van der Waals surface area (Å²) >= 11 is 0. The van der Waals surface area contributed by atoms with Crippen molar-refractivity contribution in [3.63, 3.8) is 0 Å². The van der Waals surface area contributed by atoms with Gasteiger partial charge in [0, 0.05) is 35.6 Å². The summed E-state index contributed by atoms with van der Waals surface area (Å²) in [4.78, 5) is 18.9. The minimum Gasteiger partial charge on any atom is -0.378 e. The second-order valence-corrected chi connectivity index (χ2v) is 6.32. The van der Waals surface area contributed by atoms with E-state index in [2.05, 4.69) is 20.4 Å². The SMILES string of the molecule is Cc1noc(-c2ccc(C(=O)Nc3ccc(N4CCOCC4)cc3)cc2)n1. The number of hydrogen-bond donors (Lipinski definition) is 1. The second kappa shape index (κ2) is 7.59. The molecule has 0 bridgehead atoms. The predicted molar refractivity (Wildman–Crippen MR) is 102 cm³/mol. The topological polar surface area (TPSA) is 80.5 Å². The molecule has 2 heterocycles. The molecule has 0 aliphatic carbocycles. The Hall–Kier alpha value is -3.19. The highest BCUT2D eigenvalue weighted by atomic mass is 16.5. The number of aryl methyl sites for hydroxylation is 1. The van der Waals surface area contributed by atoms with Gasteiger partial charge in [-0.05, 0) is 55.5 Å². The maximum absolute atomic E-state index is 12.5. The fourth-order valence-corrected chi connectivity index (χ4v) is 2.96. The number of amides is 1. The Labute approximate surface area is 156 Å². The first-order valence-electron chi connectivity index (χ1n) is 8.84. The van der Waals surface area contributed by atoms with Crippen molar-refractivity contribution in [2.45, 2.75) is 6.92 Å². The third-order valence-electron chi connectivity index (χ3n) is 4.42. The average Bonchev–Trinajstić information content (AvgIpc) is 3.16. The molecule has 7 nitrogen and oxygen atoms in total. The molecule has 7 heteroatoms. The monoisotopic (exact) mass is 364 g/mol. The van der Waals surface area contributed by atoms with E-state index in [0.29, 0.717) is 17.3 Å². The van der Waals surface area contributed by atoms with Gasteiger partial charge in [-0.2, -0.15) is 4.98 Å². The fourth-order valence-electron chi connectivity index (χ4n) is 2.96. The van der Waals surface area contributed by atoms with Crippen molar-refractivity contribution < 1.29 is 14.1 Å². The summed E-state index contributed by atoms with van der Waals surface area (Å²) in [5.74, 6) is 0.855. The van der Waals surface area contributed by atoms with Crippen LogP contribution in [0.4, 0.5) is 11.4 Å². The van der Waals surface area contributed by atoms with Crippen LogP contribution in [0.5, 0.6) is 0 Å². The van der Waals surface area contributed by atoms with Crippen molar-refractivity contribution >= 4 is 17.3 Å². The summed E-state index contributed by atoms with van der Waals surface area (Å²) in [6, 6.07) is 14.9. The highest BCUT2D eigenvalue weighted by Gasteiger charge is 2.12. The second-order valence-electron chi connectivity index (χ2n) is 6.32. The molecule has 138 valence electrons. The smallest absolute Gasteiger partial charge is 0.257 e. The number of carbonyl (C=O) groups is 1. The van der Waals surface area contributed by atoms with Crippen LogP contribution < -0.4 is 10.2 Å². The lowest BCUT2D eigenvalue weighted by atomic mass is 10.1. The van der Waals surface area contributed by atoms with E-state index in [1.807, 2.05) is 24.3 Å². The number of benzene rings is 2. The lowest BCUT2D eigenvalue weighted by Crippen LogP contribution is -2.36. The zero-order valence-corrected chi connectivity index (χ0v) is 15.0. The molecular weight excluding hydrogens is 344 g/mol. The molecule has 0 radical (unpaired) electrons. The molecule has 3 aromatic rings. The maximum Gasteiger partial charge on any atom is 0.257 e. The van der Waals surface area contributed by atoms with E-state index in [9.17, 15) is 4.79 Å². The largest absolute Gasteiger partial charge is 0.378 e. The molecule has 0 spiro atoms. The third kappa shape index (κ3) is 3.98. The first-order valence-corrected chi connectivity index (χ1v) is 8.84. The van der Waals surface area contributed by atoms with Crippen LogP contribution in [0.2, 0.25) is 0 Å².